The largest absolute Gasteiger partial charge is 0.330 e. The highest BCUT2D eigenvalue weighted by molar-refractivity contribution is 7.89. The lowest BCUT2D eigenvalue weighted by atomic mass is 9.85. The number of nitrogens with two attached hydrogens (primary N) is 1. The summed E-state index contributed by atoms with van der Waals surface area (Å²) in [6, 6.07) is -0.107. The van der Waals surface area contributed by atoms with Crippen LogP contribution in [-0.4, -0.2) is 30.6 Å². The number of aromatic nitrogens is 2. The second-order valence-electron chi connectivity index (χ2n) is 4.97. The molecule has 0 saturated heterocycles. The highest BCUT2D eigenvalue weighted by Gasteiger charge is 2.29. The highest BCUT2D eigenvalue weighted by Crippen LogP contribution is 2.25. The molecule has 8 heteroatoms. The van der Waals surface area contributed by atoms with Gasteiger partial charge in [0, 0.05) is 19.3 Å². The number of imidazole rings is 1. The fourth-order valence-electron chi connectivity index (χ4n) is 2.45. The molecule has 0 bridgehead atoms. The fourth-order valence-corrected chi connectivity index (χ4v) is 3.97. The second-order valence-corrected chi connectivity index (χ2v) is 6.97. The van der Waals surface area contributed by atoms with Crippen LogP contribution in [0, 0.1) is 5.92 Å². The molecular weight excluding hydrogens is 288 g/mol. The van der Waals surface area contributed by atoms with Crippen LogP contribution in [0.15, 0.2) is 11.2 Å². The molecule has 1 aromatic heterocycles. The molecule has 2 rings (SSSR count). The SMILES string of the molecule is Cn1cc(S(=O)(=O)N[C@H]2CCCC[C@@H]2CN)nc1Cl. The summed E-state index contributed by atoms with van der Waals surface area (Å²) in [5, 5.41) is 0.112. The first-order chi connectivity index (χ1) is 8.94. The Labute approximate surface area is 118 Å². The summed E-state index contributed by atoms with van der Waals surface area (Å²) in [7, 11) is -1.98. The number of sulfonamides is 1. The third kappa shape index (κ3) is 3.28. The van der Waals surface area contributed by atoms with Gasteiger partial charge in [-0.25, -0.2) is 18.1 Å². The predicted octanol–water partition coefficient (Wildman–Crippen LogP) is 0.869. The molecule has 1 aromatic rings. The summed E-state index contributed by atoms with van der Waals surface area (Å²) in [4.78, 5) is 3.84. The molecule has 0 aliphatic heterocycles. The van der Waals surface area contributed by atoms with E-state index in [1.165, 1.54) is 10.8 Å². The van der Waals surface area contributed by atoms with Gasteiger partial charge >= 0.3 is 0 Å². The second kappa shape index (κ2) is 5.78. The molecule has 0 unspecified atom stereocenters. The van der Waals surface area contributed by atoms with E-state index in [1.807, 2.05) is 0 Å². The lowest BCUT2D eigenvalue weighted by Gasteiger charge is -2.30. The van der Waals surface area contributed by atoms with Crippen molar-refractivity contribution in [2.45, 2.75) is 36.8 Å². The zero-order valence-electron chi connectivity index (χ0n) is 10.8. The molecule has 0 aromatic carbocycles. The average Bonchev–Trinajstić information content (AvgIpc) is 2.71. The smallest absolute Gasteiger partial charge is 0.259 e. The van der Waals surface area contributed by atoms with E-state index in [2.05, 4.69) is 9.71 Å². The molecule has 6 nitrogen and oxygen atoms in total. The minimum absolute atomic E-state index is 0.0404. The van der Waals surface area contributed by atoms with E-state index < -0.39 is 10.0 Å². The van der Waals surface area contributed by atoms with Gasteiger partial charge in [-0.15, -0.1) is 0 Å². The molecule has 1 fully saturated rings. The van der Waals surface area contributed by atoms with Crippen LogP contribution in [0.2, 0.25) is 5.28 Å². The minimum Gasteiger partial charge on any atom is -0.330 e. The molecule has 1 heterocycles. The molecule has 2 atom stereocenters. The number of nitrogens with one attached hydrogen (secondary N) is 1. The van der Waals surface area contributed by atoms with Crippen molar-refractivity contribution in [1.82, 2.24) is 14.3 Å². The lowest BCUT2D eigenvalue weighted by molar-refractivity contribution is 0.296. The van der Waals surface area contributed by atoms with Crippen LogP contribution in [0.4, 0.5) is 0 Å². The van der Waals surface area contributed by atoms with Gasteiger partial charge in [0.15, 0.2) is 5.03 Å². The lowest BCUT2D eigenvalue weighted by Crippen LogP contribution is -2.44. The molecule has 19 heavy (non-hydrogen) atoms. The number of hydrogen-bond donors (Lipinski definition) is 2. The van der Waals surface area contributed by atoms with Crippen molar-refractivity contribution in [3.05, 3.63) is 11.5 Å². The van der Waals surface area contributed by atoms with Crippen molar-refractivity contribution in [2.24, 2.45) is 18.7 Å². The van der Waals surface area contributed by atoms with E-state index in [4.69, 9.17) is 17.3 Å². The van der Waals surface area contributed by atoms with Gasteiger partial charge in [-0.2, -0.15) is 0 Å². The molecule has 1 saturated carbocycles. The van der Waals surface area contributed by atoms with Crippen molar-refractivity contribution < 1.29 is 8.42 Å². The van der Waals surface area contributed by atoms with Crippen LogP contribution in [0.3, 0.4) is 0 Å². The van der Waals surface area contributed by atoms with Gasteiger partial charge in [-0.1, -0.05) is 12.8 Å². The summed E-state index contributed by atoms with van der Waals surface area (Å²) >= 11 is 5.77. The Kier molecular flexibility index (Phi) is 4.50. The van der Waals surface area contributed by atoms with Crippen molar-refractivity contribution in [3.8, 4) is 0 Å². The van der Waals surface area contributed by atoms with E-state index in [-0.39, 0.29) is 22.3 Å². The van der Waals surface area contributed by atoms with Gasteiger partial charge in [0.1, 0.15) is 0 Å². The van der Waals surface area contributed by atoms with Crippen LogP contribution < -0.4 is 10.5 Å². The summed E-state index contributed by atoms with van der Waals surface area (Å²) in [5.74, 6) is 0.197. The van der Waals surface area contributed by atoms with E-state index in [1.54, 1.807) is 7.05 Å². The maximum Gasteiger partial charge on any atom is 0.259 e. The normalized spacial score (nSPS) is 24.6. The van der Waals surface area contributed by atoms with E-state index in [0.717, 1.165) is 25.7 Å². The van der Waals surface area contributed by atoms with Crippen molar-refractivity contribution in [2.75, 3.05) is 6.54 Å². The first-order valence-electron chi connectivity index (χ1n) is 6.35. The number of halogens is 1. The molecule has 3 N–H and O–H groups in total. The van der Waals surface area contributed by atoms with Crippen molar-refractivity contribution in [3.63, 3.8) is 0 Å². The first-order valence-corrected chi connectivity index (χ1v) is 8.21. The highest BCUT2D eigenvalue weighted by atomic mass is 35.5. The summed E-state index contributed by atoms with van der Waals surface area (Å²) in [6.07, 6.45) is 5.32. The third-order valence-electron chi connectivity index (χ3n) is 3.59. The molecule has 1 aliphatic rings. The number of hydrogen-bond acceptors (Lipinski definition) is 4. The Morgan fingerprint density at radius 2 is 2.21 bits per heavy atom. The predicted molar refractivity (Wildman–Crippen MR) is 73.3 cm³/mol. The number of aryl methyl sites for hydroxylation is 1. The third-order valence-corrected chi connectivity index (χ3v) is 5.30. The Hall–Kier alpha value is -0.630. The van der Waals surface area contributed by atoms with Gasteiger partial charge in [0.2, 0.25) is 5.28 Å². The van der Waals surface area contributed by atoms with Crippen LogP contribution in [0.1, 0.15) is 25.7 Å². The Balaban J connectivity index is 2.16. The molecular formula is C11H19ClN4O2S. The number of rotatable bonds is 4. The van der Waals surface area contributed by atoms with E-state index in [0.29, 0.717) is 6.54 Å². The minimum atomic E-state index is -3.63. The van der Waals surface area contributed by atoms with Gasteiger partial charge in [0.05, 0.1) is 0 Å². The maximum absolute atomic E-state index is 12.2. The Bertz CT molecular complexity index is 523. The molecule has 0 spiro atoms. The molecule has 0 amide bonds. The zero-order chi connectivity index (χ0) is 14.0. The van der Waals surface area contributed by atoms with E-state index in [9.17, 15) is 8.42 Å². The quantitative estimate of drug-likeness (QED) is 0.863. The Morgan fingerprint density at radius 3 is 2.79 bits per heavy atom. The average molecular weight is 307 g/mol. The fraction of sp³-hybridized carbons (Fsp3) is 0.727. The Morgan fingerprint density at radius 1 is 1.53 bits per heavy atom. The number of nitrogens with zero attached hydrogens (tertiary/aromatic N) is 2. The summed E-state index contributed by atoms with van der Waals surface area (Å²) < 4.78 is 28.7. The van der Waals surface area contributed by atoms with Gasteiger partial charge in [0.25, 0.3) is 10.0 Å². The monoisotopic (exact) mass is 306 g/mol. The summed E-state index contributed by atoms with van der Waals surface area (Å²) in [5.41, 5.74) is 5.70. The van der Waals surface area contributed by atoms with Crippen LogP contribution in [0.25, 0.3) is 0 Å². The summed E-state index contributed by atoms with van der Waals surface area (Å²) in [6.45, 7) is 0.496. The van der Waals surface area contributed by atoms with Gasteiger partial charge in [-0.3, -0.25) is 0 Å². The van der Waals surface area contributed by atoms with Crippen molar-refractivity contribution >= 4 is 21.6 Å². The molecule has 108 valence electrons. The van der Waals surface area contributed by atoms with Crippen LogP contribution >= 0.6 is 11.6 Å². The molecule has 0 radical (unpaired) electrons. The van der Waals surface area contributed by atoms with Gasteiger partial charge in [-0.05, 0) is 36.9 Å². The van der Waals surface area contributed by atoms with Crippen molar-refractivity contribution in [1.29, 1.82) is 0 Å². The van der Waals surface area contributed by atoms with E-state index >= 15 is 0 Å². The maximum atomic E-state index is 12.2. The topological polar surface area (TPSA) is 90.0 Å². The van der Waals surface area contributed by atoms with Crippen LogP contribution in [-0.2, 0) is 17.1 Å². The van der Waals surface area contributed by atoms with Crippen LogP contribution in [0.5, 0.6) is 0 Å². The standard InChI is InChI=1S/C11H19ClN4O2S/c1-16-7-10(14-11(16)12)19(17,18)15-9-5-3-2-4-8(9)6-13/h7-9,15H,2-6,13H2,1H3/t8-,9+/m1/s1. The van der Waals surface area contributed by atoms with Gasteiger partial charge < -0.3 is 10.3 Å². The first kappa shape index (κ1) is 14.8. The zero-order valence-corrected chi connectivity index (χ0v) is 12.4. The molecule has 1 aliphatic carbocycles.